The summed E-state index contributed by atoms with van der Waals surface area (Å²) in [5.41, 5.74) is 5.02. The summed E-state index contributed by atoms with van der Waals surface area (Å²) in [6.45, 7) is 6.84. The second kappa shape index (κ2) is 11.5. The number of hydrogen-bond donors (Lipinski definition) is 2. The van der Waals surface area contributed by atoms with Gasteiger partial charge in [0.1, 0.15) is 12.3 Å². The Balaban J connectivity index is 1.96. The standard InChI is InChI=1S/C23H30N4O5S/c1-16(2)25-22(29)15-32-20-11-9-19(10-12-20)13-24-26-21(28)14-27(33(5,30)31)23-17(3)7-6-8-18(23)4/h6-13,16H,14-15H2,1-5H3,(H,25,29)(H,26,28)/b24-13-. The van der Waals surface area contributed by atoms with Crippen molar-refractivity contribution in [1.29, 1.82) is 0 Å². The molecule has 0 aliphatic carbocycles. The number of hydrazone groups is 1. The summed E-state index contributed by atoms with van der Waals surface area (Å²) >= 11 is 0. The van der Waals surface area contributed by atoms with E-state index in [2.05, 4.69) is 15.8 Å². The van der Waals surface area contributed by atoms with Crippen LogP contribution >= 0.6 is 0 Å². The molecule has 2 N–H and O–H groups in total. The summed E-state index contributed by atoms with van der Waals surface area (Å²) in [6.07, 6.45) is 2.49. The molecule has 0 atom stereocenters. The fourth-order valence-electron chi connectivity index (χ4n) is 3.07. The Morgan fingerprint density at radius 2 is 1.67 bits per heavy atom. The zero-order chi connectivity index (χ0) is 24.6. The van der Waals surface area contributed by atoms with Gasteiger partial charge in [0.05, 0.1) is 18.2 Å². The number of anilines is 1. The minimum absolute atomic E-state index is 0.0418. The lowest BCUT2D eigenvalue weighted by Crippen LogP contribution is -2.39. The van der Waals surface area contributed by atoms with Crippen molar-refractivity contribution in [3.8, 4) is 5.75 Å². The molecule has 0 fully saturated rings. The van der Waals surface area contributed by atoms with Gasteiger partial charge in [0.25, 0.3) is 11.8 Å². The van der Waals surface area contributed by atoms with E-state index in [1.807, 2.05) is 19.9 Å². The number of rotatable bonds is 10. The van der Waals surface area contributed by atoms with Gasteiger partial charge in [-0.05, 0) is 68.7 Å². The number of aryl methyl sites for hydroxylation is 2. The first-order chi connectivity index (χ1) is 15.5. The van der Waals surface area contributed by atoms with Crippen molar-refractivity contribution >= 4 is 33.7 Å². The van der Waals surface area contributed by atoms with Crippen LogP contribution in [0.5, 0.6) is 5.75 Å². The number of carbonyl (C=O) groups is 2. The molecule has 2 amide bonds. The molecule has 10 heteroatoms. The van der Waals surface area contributed by atoms with Crippen molar-refractivity contribution < 1.29 is 22.7 Å². The Morgan fingerprint density at radius 1 is 1.06 bits per heavy atom. The van der Waals surface area contributed by atoms with Crippen molar-refractivity contribution in [1.82, 2.24) is 10.7 Å². The van der Waals surface area contributed by atoms with Crippen LogP contribution in [0.3, 0.4) is 0 Å². The molecule has 0 bridgehead atoms. The van der Waals surface area contributed by atoms with Crippen LogP contribution in [0.25, 0.3) is 0 Å². The van der Waals surface area contributed by atoms with Crippen molar-refractivity contribution in [2.75, 3.05) is 23.7 Å². The van der Waals surface area contributed by atoms with Gasteiger partial charge in [-0.15, -0.1) is 0 Å². The van der Waals surface area contributed by atoms with E-state index in [0.29, 0.717) is 17.0 Å². The van der Waals surface area contributed by atoms with Gasteiger partial charge in [-0.2, -0.15) is 5.10 Å². The lowest BCUT2D eigenvalue weighted by Gasteiger charge is -2.25. The predicted molar refractivity (Wildman–Crippen MR) is 129 cm³/mol. The molecule has 0 aliphatic rings. The van der Waals surface area contributed by atoms with E-state index in [4.69, 9.17) is 4.74 Å². The summed E-state index contributed by atoms with van der Waals surface area (Å²) in [5.74, 6) is -0.259. The van der Waals surface area contributed by atoms with Crippen LogP contribution < -0.4 is 19.8 Å². The number of ether oxygens (including phenoxy) is 1. The number of nitrogens with one attached hydrogen (secondary N) is 2. The van der Waals surface area contributed by atoms with Crippen LogP contribution in [0.4, 0.5) is 5.69 Å². The van der Waals surface area contributed by atoms with Gasteiger partial charge >= 0.3 is 0 Å². The van der Waals surface area contributed by atoms with Crippen molar-refractivity contribution in [3.63, 3.8) is 0 Å². The van der Waals surface area contributed by atoms with E-state index in [1.165, 1.54) is 6.21 Å². The maximum Gasteiger partial charge on any atom is 0.260 e. The third-order valence-corrected chi connectivity index (χ3v) is 5.59. The molecule has 2 rings (SSSR count). The van der Waals surface area contributed by atoms with Gasteiger partial charge < -0.3 is 10.1 Å². The van der Waals surface area contributed by atoms with Crippen molar-refractivity contribution in [2.24, 2.45) is 5.10 Å². The minimum atomic E-state index is -3.68. The minimum Gasteiger partial charge on any atom is -0.484 e. The zero-order valence-electron chi connectivity index (χ0n) is 19.5. The van der Waals surface area contributed by atoms with E-state index in [0.717, 1.165) is 21.7 Å². The Labute approximate surface area is 194 Å². The molecule has 33 heavy (non-hydrogen) atoms. The van der Waals surface area contributed by atoms with Crippen LogP contribution in [0, 0.1) is 13.8 Å². The van der Waals surface area contributed by atoms with E-state index >= 15 is 0 Å². The van der Waals surface area contributed by atoms with Gasteiger partial charge in [-0.1, -0.05) is 18.2 Å². The van der Waals surface area contributed by atoms with E-state index in [1.54, 1.807) is 50.2 Å². The monoisotopic (exact) mass is 474 g/mol. The highest BCUT2D eigenvalue weighted by Gasteiger charge is 2.23. The van der Waals surface area contributed by atoms with Crippen LogP contribution in [-0.4, -0.2) is 51.9 Å². The first-order valence-electron chi connectivity index (χ1n) is 10.4. The average molecular weight is 475 g/mol. The molecule has 9 nitrogen and oxygen atoms in total. The molecular weight excluding hydrogens is 444 g/mol. The fourth-order valence-corrected chi connectivity index (χ4v) is 4.04. The Morgan fingerprint density at radius 3 is 2.21 bits per heavy atom. The predicted octanol–water partition coefficient (Wildman–Crippen LogP) is 2.12. The van der Waals surface area contributed by atoms with E-state index in [-0.39, 0.29) is 18.6 Å². The SMILES string of the molecule is Cc1cccc(C)c1N(CC(=O)N/N=C\c1ccc(OCC(=O)NC(C)C)cc1)S(C)(=O)=O. The number of sulfonamides is 1. The maximum atomic E-state index is 12.4. The lowest BCUT2D eigenvalue weighted by molar-refractivity contribution is -0.123. The topological polar surface area (TPSA) is 117 Å². The summed E-state index contributed by atoms with van der Waals surface area (Å²) < 4.78 is 31.1. The molecule has 178 valence electrons. The molecule has 2 aromatic rings. The summed E-state index contributed by atoms with van der Waals surface area (Å²) in [4.78, 5) is 24.0. The second-order valence-electron chi connectivity index (χ2n) is 7.88. The number of hydrogen-bond acceptors (Lipinski definition) is 6. The number of benzene rings is 2. The highest BCUT2D eigenvalue weighted by Crippen LogP contribution is 2.26. The molecular formula is C23H30N4O5S. The van der Waals surface area contributed by atoms with Gasteiger partial charge in [-0.3, -0.25) is 13.9 Å². The van der Waals surface area contributed by atoms with Gasteiger partial charge in [0.15, 0.2) is 6.61 Å². The molecule has 0 unspecified atom stereocenters. The Kier molecular flexibility index (Phi) is 8.98. The van der Waals surface area contributed by atoms with Gasteiger partial charge in [-0.25, -0.2) is 13.8 Å². The van der Waals surface area contributed by atoms with Crippen LogP contribution in [0.15, 0.2) is 47.6 Å². The quantitative estimate of drug-likeness (QED) is 0.404. The second-order valence-corrected chi connectivity index (χ2v) is 9.79. The largest absolute Gasteiger partial charge is 0.484 e. The fraction of sp³-hybridized carbons (Fsp3) is 0.348. The number of amides is 2. The van der Waals surface area contributed by atoms with Crippen LogP contribution in [0.1, 0.15) is 30.5 Å². The number of carbonyl (C=O) groups excluding carboxylic acids is 2. The molecule has 0 saturated carbocycles. The molecule has 0 radical (unpaired) electrons. The average Bonchev–Trinajstić information content (AvgIpc) is 2.71. The summed E-state index contributed by atoms with van der Waals surface area (Å²) in [7, 11) is -3.68. The summed E-state index contributed by atoms with van der Waals surface area (Å²) in [5, 5.41) is 6.64. The zero-order valence-corrected chi connectivity index (χ0v) is 20.3. The van der Waals surface area contributed by atoms with E-state index in [9.17, 15) is 18.0 Å². The highest BCUT2D eigenvalue weighted by atomic mass is 32.2. The van der Waals surface area contributed by atoms with Crippen LogP contribution in [-0.2, 0) is 19.6 Å². The molecule has 2 aromatic carbocycles. The van der Waals surface area contributed by atoms with Gasteiger partial charge in [0.2, 0.25) is 10.0 Å². The van der Waals surface area contributed by atoms with Crippen molar-refractivity contribution in [3.05, 3.63) is 59.2 Å². The smallest absolute Gasteiger partial charge is 0.260 e. The van der Waals surface area contributed by atoms with Gasteiger partial charge in [0, 0.05) is 6.04 Å². The third-order valence-electron chi connectivity index (χ3n) is 4.48. The maximum absolute atomic E-state index is 12.4. The molecule has 0 heterocycles. The molecule has 0 spiro atoms. The number of para-hydroxylation sites is 1. The van der Waals surface area contributed by atoms with Crippen LogP contribution in [0.2, 0.25) is 0 Å². The highest BCUT2D eigenvalue weighted by molar-refractivity contribution is 7.92. The lowest BCUT2D eigenvalue weighted by atomic mass is 10.1. The Hall–Kier alpha value is -3.40. The molecule has 0 aliphatic heterocycles. The first-order valence-corrected chi connectivity index (χ1v) is 12.2. The van der Waals surface area contributed by atoms with E-state index < -0.39 is 22.5 Å². The normalized spacial score (nSPS) is 11.5. The number of nitrogens with zero attached hydrogens (tertiary/aromatic N) is 2. The Bertz CT molecular complexity index is 1090. The first kappa shape index (κ1) is 25.9. The molecule has 0 aromatic heterocycles. The van der Waals surface area contributed by atoms with Crippen molar-refractivity contribution in [2.45, 2.75) is 33.7 Å². The summed E-state index contributed by atoms with van der Waals surface area (Å²) in [6, 6.07) is 12.2. The molecule has 0 saturated heterocycles. The third kappa shape index (κ3) is 8.23.